The Balaban J connectivity index is 3.00. The van der Waals surface area contributed by atoms with Crippen molar-refractivity contribution in [3.05, 3.63) is 20.8 Å². The number of thiophene rings is 1. The lowest BCUT2D eigenvalue weighted by Gasteiger charge is -2.19. The van der Waals surface area contributed by atoms with Crippen LogP contribution in [0.4, 0.5) is 0 Å². The van der Waals surface area contributed by atoms with E-state index in [1.54, 1.807) is 6.92 Å². The average molecular weight is 236 g/mol. The highest BCUT2D eigenvalue weighted by Crippen LogP contribution is 2.32. The van der Waals surface area contributed by atoms with Gasteiger partial charge in [0.05, 0.1) is 4.88 Å². The van der Waals surface area contributed by atoms with Crippen molar-refractivity contribution in [3.63, 3.8) is 0 Å². The summed E-state index contributed by atoms with van der Waals surface area (Å²) in [5, 5.41) is 11.6. The molecular weight excluding hydrogens is 226 g/mol. The number of rotatable bonds is 2. The van der Waals surface area contributed by atoms with Crippen LogP contribution < -0.4 is 5.73 Å². The lowest BCUT2D eigenvalue weighted by molar-refractivity contribution is 0.0700. The fraction of sp³-hybridized carbons (Fsp3) is 0.429. The van der Waals surface area contributed by atoms with Crippen LogP contribution in [0.15, 0.2) is 15.9 Å². The molecule has 1 heterocycles. The van der Waals surface area contributed by atoms with E-state index in [1.165, 1.54) is 11.3 Å². The highest BCUT2D eigenvalue weighted by molar-refractivity contribution is 9.10. The van der Waals surface area contributed by atoms with E-state index in [2.05, 4.69) is 15.9 Å². The Bertz CT molecular complexity index is 246. The number of nitrogens with two attached hydrogens (primary N) is 1. The first-order valence-electron chi connectivity index (χ1n) is 3.24. The summed E-state index contributed by atoms with van der Waals surface area (Å²) in [7, 11) is 0. The molecular formula is C7H10BrNOS. The third-order valence-electron chi connectivity index (χ3n) is 1.50. The monoisotopic (exact) mass is 235 g/mol. The number of hydrogen-bond acceptors (Lipinski definition) is 3. The van der Waals surface area contributed by atoms with Crippen LogP contribution >= 0.6 is 27.3 Å². The van der Waals surface area contributed by atoms with Crippen LogP contribution in [0.5, 0.6) is 0 Å². The summed E-state index contributed by atoms with van der Waals surface area (Å²) < 4.78 is 0.929. The zero-order chi connectivity index (χ0) is 8.48. The van der Waals surface area contributed by atoms with Gasteiger partial charge in [-0.15, -0.1) is 11.3 Å². The van der Waals surface area contributed by atoms with Crippen LogP contribution in [0.1, 0.15) is 11.8 Å². The van der Waals surface area contributed by atoms with Gasteiger partial charge in [0.2, 0.25) is 0 Å². The second-order valence-electron chi connectivity index (χ2n) is 2.58. The molecule has 0 aliphatic heterocycles. The van der Waals surface area contributed by atoms with Crippen molar-refractivity contribution in [1.29, 1.82) is 0 Å². The van der Waals surface area contributed by atoms with Gasteiger partial charge in [-0.2, -0.15) is 0 Å². The van der Waals surface area contributed by atoms with Gasteiger partial charge in [-0.1, -0.05) is 0 Å². The maximum absolute atomic E-state index is 9.72. The van der Waals surface area contributed by atoms with Crippen LogP contribution in [0.25, 0.3) is 0 Å². The van der Waals surface area contributed by atoms with Crippen molar-refractivity contribution in [1.82, 2.24) is 0 Å². The molecule has 0 bridgehead atoms. The Kier molecular flexibility index (Phi) is 2.70. The summed E-state index contributed by atoms with van der Waals surface area (Å²) >= 11 is 4.84. The minimum atomic E-state index is -0.896. The second-order valence-corrected chi connectivity index (χ2v) is 4.35. The van der Waals surface area contributed by atoms with E-state index >= 15 is 0 Å². The highest BCUT2D eigenvalue weighted by Gasteiger charge is 2.24. The van der Waals surface area contributed by atoms with E-state index in [0.29, 0.717) is 0 Å². The van der Waals surface area contributed by atoms with E-state index in [0.717, 1.165) is 9.35 Å². The molecule has 2 nitrogen and oxygen atoms in total. The normalized spacial score (nSPS) is 16.4. The molecule has 0 aliphatic rings. The van der Waals surface area contributed by atoms with Gasteiger partial charge < -0.3 is 10.8 Å². The summed E-state index contributed by atoms with van der Waals surface area (Å²) in [6.45, 7) is 1.95. The number of halogens is 1. The van der Waals surface area contributed by atoms with Crippen LogP contribution in [-0.2, 0) is 5.60 Å². The molecule has 0 saturated heterocycles. The Morgan fingerprint density at radius 1 is 1.82 bits per heavy atom. The summed E-state index contributed by atoms with van der Waals surface area (Å²) in [5.74, 6) is 0. The van der Waals surface area contributed by atoms with Gasteiger partial charge in [0.1, 0.15) is 5.60 Å². The van der Waals surface area contributed by atoms with Gasteiger partial charge in [-0.25, -0.2) is 0 Å². The second kappa shape index (κ2) is 3.23. The first-order valence-corrected chi connectivity index (χ1v) is 4.91. The molecule has 1 aromatic heterocycles. The van der Waals surface area contributed by atoms with E-state index in [9.17, 15) is 5.11 Å². The van der Waals surface area contributed by atoms with Gasteiger partial charge >= 0.3 is 0 Å². The molecule has 1 atom stereocenters. The quantitative estimate of drug-likeness (QED) is 0.820. The summed E-state index contributed by atoms with van der Waals surface area (Å²) in [5.41, 5.74) is 4.51. The van der Waals surface area contributed by atoms with E-state index in [-0.39, 0.29) is 6.54 Å². The predicted molar refractivity (Wildman–Crippen MR) is 50.6 cm³/mol. The lowest BCUT2D eigenvalue weighted by atomic mass is 10.1. The van der Waals surface area contributed by atoms with Gasteiger partial charge in [0, 0.05) is 11.0 Å². The van der Waals surface area contributed by atoms with Gasteiger partial charge in [-0.05, 0) is 34.3 Å². The molecule has 0 spiro atoms. The predicted octanol–water partition coefficient (Wildman–Crippen LogP) is 1.68. The van der Waals surface area contributed by atoms with Crippen molar-refractivity contribution in [2.24, 2.45) is 5.73 Å². The minimum Gasteiger partial charge on any atom is -0.383 e. The smallest absolute Gasteiger partial charge is 0.109 e. The molecule has 0 saturated carbocycles. The van der Waals surface area contributed by atoms with Gasteiger partial charge in [-0.3, -0.25) is 0 Å². The first-order chi connectivity index (χ1) is 5.08. The maximum Gasteiger partial charge on any atom is 0.109 e. The molecule has 1 unspecified atom stereocenters. The molecule has 0 aliphatic carbocycles. The van der Waals surface area contributed by atoms with Gasteiger partial charge in [0.25, 0.3) is 0 Å². The molecule has 11 heavy (non-hydrogen) atoms. The largest absolute Gasteiger partial charge is 0.383 e. The third-order valence-corrected chi connectivity index (χ3v) is 3.59. The average Bonchev–Trinajstić information content (AvgIpc) is 2.36. The fourth-order valence-corrected chi connectivity index (χ4v) is 2.64. The zero-order valence-electron chi connectivity index (χ0n) is 6.17. The SMILES string of the molecule is CC(O)(CN)c1sccc1Br. The zero-order valence-corrected chi connectivity index (χ0v) is 8.58. The lowest BCUT2D eigenvalue weighted by Crippen LogP contribution is -2.30. The Morgan fingerprint density at radius 3 is 2.82 bits per heavy atom. The number of aliphatic hydroxyl groups is 1. The molecule has 1 aromatic rings. The third kappa shape index (κ3) is 1.82. The Labute approximate surface area is 78.2 Å². The van der Waals surface area contributed by atoms with Crippen molar-refractivity contribution in [2.45, 2.75) is 12.5 Å². The summed E-state index contributed by atoms with van der Waals surface area (Å²) in [6.07, 6.45) is 0. The molecule has 0 fully saturated rings. The fourth-order valence-electron chi connectivity index (χ4n) is 0.771. The van der Waals surface area contributed by atoms with Crippen LogP contribution in [0.2, 0.25) is 0 Å². The van der Waals surface area contributed by atoms with Crippen LogP contribution in [0.3, 0.4) is 0 Å². The Morgan fingerprint density at radius 2 is 2.45 bits per heavy atom. The van der Waals surface area contributed by atoms with Crippen LogP contribution in [-0.4, -0.2) is 11.7 Å². The minimum absolute atomic E-state index is 0.242. The first kappa shape index (κ1) is 9.19. The maximum atomic E-state index is 9.72. The topological polar surface area (TPSA) is 46.2 Å². The van der Waals surface area contributed by atoms with Crippen molar-refractivity contribution < 1.29 is 5.11 Å². The summed E-state index contributed by atoms with van der Waals surface area (Å²) in [6, 6.07) is 1.91. The van der Waals surface area contributed by atoms with E-state index in [4.69, 9.17) is 5.73 Å². The molecule has 1 rings (SSSR count). The van der Waals surface area contributed by atoms with E-state index < -0.39 is 5.60 Å². The van der Waals surface area contributed by atoms with E-state index in [1.807, 2.05) is 11.4 Å². The van der Waals surface area contributed by atoms with Gasteiger partial charge in [0.15, 0.2) is 0 Å². The molecule has 0 aromatic carbocycles. The summed E-state index contributed by atoms with van der Waals surface area (Å²) in [4.78, 5) is 0.889. The molecule has 0 radical (unpaired) electrons. The number of hydrogen-bond donors (Lipinski definition) is 2. The molecule has 62 valence electrons. The Hall–Kier alpha value is 0.100. The molecule has 0 amide bonds. The van der Waals surface area contributed by atoms with Crippen molar-refractivity contribution in [2.75, 3.05) is 6.54 Å². The van der Waals surface area contributed by atoms with Crippen molar-refractivity contribution >= 4 is 27.3 Å². The molecule has 3 N–H and O–H groups in total. The van der Waals surface area contributed by atoms with Crippen LogP contribution in [0, 0.1) is 0 Å². The van der Waals surface area contributed by atoms with Crippen molar-refractivity contribution in [3.8, 4) is 0 Å². The standard InChI is InChI=1S/C7H10BrNOS/c1-7(10,4-9)6-5(8)2-3-11-6/h2-3,10H,4,9H2,1H3. The highest BCUT2D eigenvalue weighted by atomic mass is 79.9. The molecule has 4 heteroatoms.